The van der Waals surface area contributed by atoms with Crippen LogP contribution in [0.3, 0.4) is 0 Å². The molecule has 2 heteroatoms. The van der Waals surface area contributed by atoms with Crippen molar-refractivity contribution in [3.8, 4) is 0 Å². The molecule has 0 aliphatic rings. The predicted octanol–water partition coefficient (Wildman–Crippen LogP) is 2.08. The molecule has 0 radical (unpaired) electrons. The molecule has 0 saturated heterocycles. The second kappa shape index (κ2) is 3.91. The highest BCUT2D eigenvalue weighted by Gasteiger charge is 2.17. The third-order valence-electron chi connectivity index (χ3n) is 1.49. The van der Waals surface area contributed by atoms with Crippen LogP contribution < -0.4 is 0 Å². The van der Waals surface area contributed by atoms with Crippen molar-refractivity contribution >= 4 is 0 Å². The van der Waals surface area contributed by atoms with Gasteiger partial charge in [-0.1, -0.05) is 13.8 Å². The van der Waals surface area contributed by atoms with Gasteiger partial charge in [-0.15, -0.1) is 0 Å². The standard InChI is InChI=1S/C8H18FN/c1-5-10(6-2)7-8(3,4)9/h5-7H2,1-4H3. The first-order valence-electron chi connectivity index (χ1n) is 3.91. The van der Waals surface area contributed by atoms with Gasteiger partial charge in [-0.3, -0.25) is 0 Å². The smallest absolute Gasteiger partial charge is 0.118 e. The second-order valence-electron chi connectivity index (χ2n) is 3.18. The number of nitrogens with zero attached hydrogens (tertiary/aromatic N) is 1. The average molecular weight is 147 g/mol. The number of hydrogen-bond donors (Lipinski definition) is 0. The summed E-state index contributed by atoms with van der Waals surface area (Å²) in [5, 5.41) is 0. The quantitative estimate of drug-likeness (QED) is 0.588. The third kappa shape index (κ3) is 4.74. The van der Waals surface area contributed by atoms with E-state index < -0.39 is 5.67 Å². The van der Waals surface area contributed by atoms with E-state index in [-0.39, 0.29) is 0 Å². The minimum atomic E-state index is -1.05. The fourth-order valence-corrected chi connectivity index (χ4v) is 0.979. The Morgan fingerprint density at radius 2 is 1.60 bits per heavy atom. The summed E-state index contributed by atoms with van der Waals surface area (Å²) < 4.78 is 13.0. The van der Waals surface area contributed by atoms with Gasteiger partial charge >= 0.3 is 0 Å². The van der Waals surface area contributed by atoms with Crippen molar-refractivity contribution in [1.29, 1.82) is 0 Å². The van der Waals surface area contributed by atoms with Crippen LogP contribution in [0.4, 0.5) is 4.39 Å². The molecule has 0 aromatic carbocycles. The first-order valence-corrected chi connectivity index (χ1v) is 3.91. The van der Waals surface area contributed by atoms with Crippen LogP contribution in [-0.2, 0) is 0 Å². The Labute approximate surface area is 63.2 Å². The van der Waals surface area contributed by atoms with Crippen molar-refractivity contribution in [3.63, 3.8) is 0 Å². The molecule has 0 aliphatic carbocycles. The molecule has 0 rings (SSSR count). The second-order valence-corrected chi connectivity index (χ2v) is 3.18. The molecule has 0 amide bonds. The van der Waals surface area contributed by atoms with E-state index in [1.807, 2.05) is 0 Å². The van der Waals surface area contributed by atoms with Crippen LogP contribution in [0.5, 0.6) is 0 Å². The van der Waals surface area contributed by atoms with Gasteiger partial charge in [-0.2, -0.15) is 0 Å². The van der Waals surface area contributed by atoms with Crippen LogP contribution in [0.15, 0.2) is 0 Å². The number of halogens is 1. The van der Waals surface area contributed by atoms with Gasteiger partial charge in [0.05, 0.1) is 0 Å². The maximum absolute atomic E-state index is 13.0. The molecule has 0 spiro atoms. The van der Waals surface area contributed by atoms with Crippen molar-refractivity contribution in [3.05, 3.63) is 0 Å². The van der Waals surface area contributed by atoms with E-state index in [9.17, 15) is 4.39 Å². The molecule has 10 heavy (non-hydrogen) atoms. The summed E-state index contributed by atoms with van der Waals surface area (Å²) in [6, 6.07) is 0. The molecule has 62 valence electrons. The third-order valence-corrected chi connectivity index (χ3v) is 1.49. The molecule has 0 aliphatic heterocycles. The molecule has 0 unspecified atom stereocenters. The van der Waals surface area contributed by atoms with E-state index in [1.165, 1.54) is 0 Å². The topological polar surface area (TPSA) is 3.24 Å². The molecule has 0 aromatic heterocycles. The van der Waals surface area contributed by atoms with Crippen LogP contribution in [0.25, 0.3) is 0 Å². The first-order chi connectivity index (χ1) is 4.49. The zero-order valence-corrected chi connectivity index (χ0v) is 7.45. The average Bonchev–Trinajstić information content (AvgIpc) is 1.81. The highest BCUT2D eigenvalue weighted by atomic mass is 19.1. The predicted molar refractivity (Wildman–Crippen MR) is 43.0 cm³/mol. The highest BCUT2D eigenvalue weighted by molar-refractivity contribution is 4.70. The van der Waals surface area contributed by atoms with E-state index >= 15 is 0 Å². The lowest BCUT2D eigenvalue weighted by Gasteiger charge is -2.24. The lowest BCUT2D eigenvalue weighted by atomic mass is 10.1. The maximum Gasteiger partial charge on any atom is 0.118 e. The Hall–Kier alpha value is -0.110. The van der Waals surface area contributed by atoms with Crippen molar-refractivity contribution in [2.45, 2.75) is 33.4 Å². The van der Waals surface area contributed by atoms with Gasteiger partial charge in [0.1, 0.15) is 5.67 Å². The molecular weight excluding hydrogens is 129 g/mol. The van der Waals surface area contributed by atoms with Gasteiger partial charge in [0.15, 0.2) is 0 Å². The summed E-state index contributed by atoms with van der Waals surface area (Å²) in [5.41, 5.74) is -1.05. The highest BCUT2D eigenvalue weighted by Crippen LogP contribution is 2.09. The van der Waals surface area contributed by atoms with Crippen LogP contribution in [0.2, 0.25) is 0 Å². The van der Waals surface area contributed by atoms with E-state index in [4.69, 9.17) is 0 Å². The Kier molecular flexibility index (Phi) is 3.87. The summed E-state index contributed by atoms with van der Waals surface area (Å²) in [6.45, 7) is 9.74. The van der Waals surface area contributed by atoms with Crippen molar-refractivity contribution in [1.82, 2.24) is 4.90 Å². The molecule has 0 saturated carbocycles. The molecule has 0 heterocycles. The summed E-state index contributed by atoms with van der Waals surface area (Å²) >= 11 is 0. The van der Waals surface area contributed by atoms with Crippen molar-refractivity contribution < 1.29 is 4.39 Å². The van der Waals surface area contributed by atoms with Gasteiger partial charge in [-0.05, 0) is 26.9 Å². The van der Waals surface area contributed by atoms with Crippen molar-refractivity contribution in [2.75, 3.05) is 19.6 Å². The summed E-state index contributed by atoms with van der Waals surface area (Å²) in [6.07, 6.45) is 0. The number of alkyl halides is 1. The molecule has 0 aromatic rings. The Balaban J connectivity index is 3.63. The molecule has 0 atom stereocenters. The van der Waals surface area contributed by atoms with E-state index in [2.05, 4.69) is 18.7 Å². The SMILES string of the molecule is CCN(CC)CC(C)(C)F. The fraction of sp³-hybridized carbons (Fsp3) is 1.00. The normalized spacial score (nSPS) is 12.6. The van der Waals surface area contributed by atoms with Gasteiger partial charge in [0, 0.05) is 6.54 Å². The van der Waals surface area contributed by atoms with E-state index in [1.54, 1.807) is 13.8 Å². The maximum atomic E-state index is 13.0. The number of hydrogen-bond acceptors (Lipinski definition) is 1. The lowest BCUT2D eigenvalue weighted by molar-refractivity contribution is 0.133. The van der Waals surface area contributed by atoms with Gasteiger partial charge in [0.25, 0.3) is 0 Å². The van der Waals surface area contributed by atoms with Gasteiger partial charge in [-0.25, -0.2) is 4.39 Å². The van der Waals surface area contributed by atoms with Gasteiger partial charge in [0.2, 0.25) is 0 Å². The fourth-order valence-electron chi connectivity index (χ4n) is 0.979. The molecule has 0 N–H and O–H groups in total. The number of rotatable bonds is 4. The van der Waals surface area contributed by atoms with Crippen LogP contribution in [0, 0.1) is 0 Å². The Bertz CT molecular complexity index is 81.7. The van der Waals surface area contributed by atoms with E-state index in [0.717, 1.165) is 13.1 Å². The summed E-state index contributed by atoms with van der Waals surface area (Å²) in [7, 11) is 0. The first kappa shape index (κ1) is 9.89. The molecule has 0 bridgehead atoms. The minimum Gasteiger partial charge on any atom is -0.301 e. The summed E-state index contributed by atoms with van der Waals surface area (Å²) in [4.78, 5) is 2.08. The van der Waals surface area contributed by atoms with E-state index in [0.29, 0.717) is 6.54 Å². The lowest BCUT2D eigenvalue weighted by Crippen LogP contribution is -2.35. The van der Waals surface area contributed by atoms with Gasteiger partial charge < -0.3 is 4.90 Å². The van der Waals surface area contributed by atoms with Crippen LogP contribution in [0.1, 0.15) is 27.7 Å². The van der Waals surface area contributed by atoms with Crippen molar-refractivity contribution in [2.24, 2.45) is 0 Å². The van der Waals surface area contributed by atoms with Crippen LogP contribution in [-0.4, -0.2) is 30.2 Å². The summed E-state index contributed by atoms with van der Waals surface area (Å²) in [5.74, 6) is 0. The monoisotopic (exact) mass is 147 g/mol. The van der Waals surface area contributed by atoms with Crippen LogP contribution >= 0.6 is 0 Å². The Morgan fingerprint density at radius 1 is 1.20 bits per heavy atom. The molecule has 0 fully saturated rings. The zero-order valence-electron chi connectivity index (χ0n) is 7.45. The molecular formula is C8H18FN. The zero-order chi connectivity index (χ0) is 8.20. The Morgan fingerprint density at radius 3 is 1.70 bits per heavy atom. The minimum absolute atomic E-state index is 0.542. The largest absolute Gasteiger partial charge is 0.301 e. The molecule has 1 nitrogen and oxygen atoms in total.